The van der Waals surface area contributed by atoms with Crippen LogP contribution in [0.3, 0.4) is 0 Å². The monoisotopic (exact) mass is 284 g/mol. The third-order valence-corrected chi connectivity index (χ3v) is 1.33. The van der Waals surface area contributed by atoms with E-state index in [9.17, 15) is 22.4 Å². The fraction of sp³-hybridized carbons (Fsp3) is 0. The van der Waals surface area contributed by atoms with Crippen LogP contribution in [0.4, 0.5) is 17.6 Å². The zero-order chi connectivity index (χ0) is 10.2. The van der Waals surface area contributed by atoms with Gasteiger partial charge in [0.05, 0.1) is 0 Å². The molecule has 0 fully saturated rings. The second kappa shape index (κ2) is 5.11. The Morgan fingerprint density at radius 2 is 1.64 bits per heavy atom. The van der Waals surface area contributed by atoms with Gasteiger partial charge in [-0.3, -0.25) is 0 Å². The van der Waals surface area contributed by atoms with E-state index in [0.717, 1.165) is 0 Å². The third-order valence-electron chi connectivity index (χ3n) is 1.33. The van der Waals surface area contributed by atoms with E-state index in [2.05, 4.69) is 0 Å². The maximum atomic E-state index is 12.5. The molecule has 0 radical (unpaired) electrons. The van der Waals surface area contributed by atoms with Gasteiger partial charge in [0.25, 0.3) is 0 Å². The van der Waals surface area contributed by atoms with Crippen molar-refractivity contribution >= 4 is 51.5 Å². The van der Waals surface area contributed by atoms with E-state index in [-0.39, 0.29) is 54.4 Å². The Labute approximate surface area is 116 Å². The molecule has 0 unspecified atom stereocenters. The summed E-state index contributed by atoms with van der Waals surface area (Å²) in [4.78, 5) is 10.1. The van der Waals surface area contributed by atoms with Gasteiger partial charge in [-0.1, -0.05) is 0 Å². The molecule has 14 heavy (non-hydrogen) atoms. The molecule has 0 aliphatic heterocycles. The molecule has 0 aliphatic carbocycles. The fourth-order valence-electron chi connectivity index (χ4n) is 0.728. The summed E-state index contributed by atoms with van der Waals surface area (Å²) in [7, 11) is 0. The molecule has 0 aromatic heterocycles. The molecule has 0 spiro atoms. The molecule has 7 heteroatoms. The summed E-state index contributed by atoms with van der Waals surface area (Å²) in [5.41, 5.74) is -1.24. The first-order valence-electron chi connectivity index (χ1n) is 3.01. The summed E-state index contributed by atoms with van der Waals surface area (Å²) < 4.78 is 49.5. The van der Waals surface area contributed by atoms with Crippen molar-refractivity contribution in [1.82, 2.24) is 0 Å². The molecule has 0 heterocycles. The van der Waals surface area contributed by atoms with E-state index in [1.165, 1.54) is 0 Å². The molecular weight excluding hydrogens is 280 g/mol. The topological polar surface area (TPSA) is 37.3 Å². The van der Waals surface area contributed by atoms with Crippen molar-refractivity contribution in [3.63, 3.8) is 0 Å². The average molecular weight is 284 g/mol. The Hall–Kier alpha value is -0.109. The van der Waals surface area contributed by atoms with Gasteiger partial charge in [0.15, 0.2) is 23.3 Å². The summed E-state index contributed by atoms with van der Waals surface area (Å²) in [6.45, 7) is 0. The average Bonchev–Trinajstić information content (AvgIpc) is 2.07. The van der Waals surface area contributed by atoms with Gasteiger partial charge in [-0.05, 0) is 6.07 Å². The zero-order valence-electron chi connectivity index (χ0n) is 8.65. The van der Waals surface area contributed by atoms with E-state index < -0.39 is 34.8 Å². The zero-order valence-corrected chi connectivity index (χ0v) is 10.1. The molecule has 74 valence electrons. The maximum Gasteiger partial charge on any atom is 2.00 e. The van der Waals surface area contributed by atoms with Crippen molar-refractivity contribution < 1.29 is 30.3 Å². The van der Waals surface area contributed by atoms with Crippen molar-refractivity contribution in [2.24, 2.45) is 0 Å². The Bertz CT molecular complexity index is 389. The summed E-state index contributed by atoms with van der Waals surface area (Å²) in [6.07, 6.45) is 0. The van der Waals surface area contributed by atoms with E-state index in [1.807, 2.05) is 0 Å². The van der Waals surface area contributed by atoms with Crippen LogP contribution >= 0.6 is 0 Å². The first kappa shape index (κ1) is 13.9. The molecule has 0 amide bonds. The molecule has 1 aromatic carbocycles. The van der Waals surface area contributed by atoms with Crippen LogP contribution in [0.1, 0.15) is 13.2 Å². The van der Waals surface area contributed by atoms with Gasteiger partial charge in [0, 0.05) is 0 Å². The van der Waals surface area contributed by atoms with Crippen LogP contribution in [0.15, 0.2) is 6.07 Å². The van der Waals surface area contributed by atoms with Gasteiger partial charge in [-0.2, -0.15) is 0 Å². The van der Waals surface area contributed by atoms with Gasteiger partial charge in [0.1, 0.15) is 5.56 Å². The number of aromatic carboxylic acids is 1. The molecule has 1 rings (SSSR count). The van der Waals surface area contributed by atoms with Crippen LogP contribution in [-0.4, -0.2) is 56.6 Å². The van der Waals surface area contributed by atoms with Crippen molar-refractivity contribution in [3.8, 4) is 0 Å². The largest absolute Gasteiger partial charge is 2.00 e. The van der Waals surface area contributed by atoms with Crippen LogP contribution < -0.4 is 0 Å². The standard InChI is InChI=1S/C7H2F4O2.Sr.2H/c8-3-1-2(7(12)13)4(9)6(11)5(3)10;;;/h1H,(H,12,13);;;/q;+2;2*-1. The van der Waals surface area contributed by atoms with Crippen LogP contribution in [0.5, 0.6) is 0 Å². The minimum Gasteiger partial charge on any atom is -1.00 e. The normalized spacial score (nSPS) is 9.43. The number of carbonyl (C=O) groups is 1. The van der Waals surface area contributed by atoms with E-state index in [0.29, 0.717) is 0 Å². The van der Waals surface area contributed by atoms with Crippen LogP contribution in [-0.2, 0) is 0 Å². The SMILES string of the molecule is O=C(O)c1cc(F)c(F)c(F)c1F.[H-].[H-].[Sr+2]. The minimum atomic E-state index is -2.13. The molecule has 1 N–H and O–H groups in total. The van der Waals surface area contributed by atoms with E-state index >= 15 is 0 Å². The van der Waals surface area contributed by atoms with Crippen LogP contribution in [0.25, 0.3) is 0 Å². The summed E-state index contributed by atoms with van der Waals surface area (Å²) >= 11 is 0. The van der Waals surface area contributed by atoms with Crippen molar-refractivity contribution in [2.45, 2.75) is 0 Å². The Kier molecular flexibility index (Phi) is 5.07. The summed E-state index contributed by atoms with van der Waals surface area (Å²) in [5, 5.41) is 8.21. The predicted molar refractivity (Wildman–Crippen MR) is 41.2 cm³/mol. The van der Waals surface area contributed by atoms with Gasteiger partial charge in [0.2, 0.25) is 0 Å². The first-order chi connectivity index (χ1) is 5.95. The molecular formula is C7H4F4O2Sr. The smallest absolute Gasteiger partial charge is 1.00 e. The van der Waals surface area contributed by atoms with E-state index in [4.69, 9.17) is 5.11 Å². The van der Waals surface area contributed by atoms with Gasteiger partial charge in [-0.25, -0.2) is 22.4 Å². The Balaban J connectivity index is -0.000000563. The number of carboxylic acids is 1. The van der Waals surface area contributed by atoms with Gasteiger partial charge >= 0.3 is 51.5 Å². The molecule has 0 atom stereocenters. The molecule has 0 saturated carbocycles. The van der Waals surface area contributed by atoms with Crippen LogP contribution in [0, 0.1) is 23.3 Å². The number of halogens is 4. The second-order valence-electron chi connectivity index (χ2n) is 2.15. The Morgan fingerprint density at radius 3 is 2.07 bits per heavy atom. The number of hydrogen-bond acceptors (Lipinski definition) is 1. The second-order valence-corrected chi connectivity index (χ2v) is 2.15. The van der Waals surface area contributed by atoms with Crippen molar-refractivity contribution in [2.75, 3.05) is 0 Å². The van der Waals surface area contributed by atoms with Gasteiger partial charge < -0.3 is 7.96 Å². The number of hydrogen-bond donors (Lipinski definition) is 1. The molecule has 1 aromatic rings. The first-order valence-corrected chi connectivity index (χ1v) is 3.01. The third kappa shape index (κ3) is 2.47. The molecule has 2 nitrogen and oxygen atoms in total. The van der Waals surface area contributed by atoms with E-state index in [1.54, 1.807) is 0 Å². The predicted octanol–water partition coefficient (Wildman–Crippen LogP) is 1.79. The number of rotatable bonds is 1. The summed E-state index contributed by atoms with van der Waals surface area (Å²) in [5.74, 6) is -9.67. The maximum absolute atomic E-state index is 12.5. The fourth-order valence-corrected chi connectivity index (χ4v) is 0.728. The minimum absolute atomic E-state index is 0. The molecule has 0 aliphatic rings. The quantitative estimate of drug-likeness (QED) is 0.369. The van der Waals surface area contributed by atoms with Crippen molar-refractivity contribution in [3.05, 3.63) is 34.9 Å². The van der Waals surface area contributed by atoms with Crippen LogP contribution in [0.2, 0.25) is 0 Å². The molecule has 0 bridgehead atoms. The number of benzene rings is 1. The van der Waals surface area contributed by atoms with Crippen molar-refractivity contribution in [1.29, 1.82) is 0 Å². The summed E-state index contributed by atoms with van der Waals surface area (Å²) in [6, 6.07) is 0.0794. The van der Waals surface area contributed by atoms with Gasteiger partial charge in [-0.15, -0.1) is 0 Å². The number of carboxylic acid groups (broad SMARTS) is 1. The molecule has 0 saturated heterocycles. The Morgan fingerprint density at radius 1 is 1.14 bits per heavy atom.